The van der Waals surface area contributed by atoms with Crippen LogP contribution in [0.3, 0.4) is 0 Å². The van der Waals surface area contributed by atoms with Crippen LogP contribution in [0.2, 0.25) is 0 Å². The van der Waals surface area contributed by atoms with Gasteiger partial charge in [-0.25, -0.2) is 0 Å². The molecule has 0 bridgehead atoms. The molecular formula is C36H27BrN4O3S2. The number of nitrogens with one attached hydrogen (secondary N) is 3. The van der Waals surface area contributed by atoms with Gasteiger partial charge in [0.2, 0.25) is 5.91 Å². The monoisotopic (exact) mass is 706 g/mol. The van der Waals surface area contributed by atoms with E-state index in [0.717, 1.165) is 26.1 Å². The minimum absolute atomic E-state index is 0.0705. The second kappa shape index (κ2) is 15.4. The summed E-state index contributed by atoms with van der Waals surface area (Å²) in [7, 11) is 0. The Kier molecular flexibility index (Phi) is 10.8. The molecule has 4 aromatic carbocycles. The lowest BCUT2D eigenvalue weighted by atomic mass is 10.1. The van der Waals surface area contributed by atoms with Gasteiger partial charge < -0.3 is 16.0 Å². The lowest BCUT2D eigenvalue weighted by Crippen LogP contribution is -2.30. The minimum Gasteiger partial charge on any atom is -0.321 e. The van der Waals surface area contributed by atoms with Crippen molar-refractivity contribution in [3.8, 4) is 17.2 Å². The molecule has 0 aliphatic heterocycles. The summed E-state index contributed by atoms with van der Waals surface area (Å²) in [5.41, 5.74) is 3.83. The van der Waals surface area contributed by atoms with Gasteiger partial charge in [0.05, 0.1) is 10.8 Å². The Bertz CT molecular complexity index is 1940. The molecule has 46 heavy (non-hydrogen) atoms. The molecule has 0 spiro atoms. The van der Waals surface area contributed by atoms with Gasteiger partial charge in [-0.05, 0) is 66.6 Å². The number of carbonyl (C=O) groups is 3. The number of halogens is 1. The Morgan fingerprint density at radius 2 is 1.59 bits per heavy atom. The summed E-state index contributed by atoms with van der Waals surface area (Å²) in [6.07, 6.45) is 1.61. The largest absolute Gasteiger partial charge is 0.321 e. The first kappa shape index (κ1) is 32.4. The molecule has 7 nitrogen and oxygen atoms in total. The fourth-order valence-electron chi connectivity index (χ4n) is 4.38. The van der Waals surface area contributed by atoms with Gasteiger partial charge in [-0.2, -0.15) is 5.26 Å². The smallest absolute Gasteiger partial charge is 0.272 e. The number of nitrogens with zero attached hydrogens (tertiary/aromatic N) is 1. The second-order valence-electron chi connectivity index (χ2n) is 9.99. The van der Waals surface area contributed by atoms with E-state index in [1.807, 2.05) is 72.1 Å². The second-order valence-corrected chi connectivity index (χ2v) is 13.2. The van der Waals surface area contributed by atoms with Crippen molar-refractivity contribution in [1.82, 2.24) is 5.32 Å². The molecule has 10 heteroatoms. The van der Waals surface area contributed by atoms with Crippen LogP contribution in [0.4, 0.5) is 10.7 Å². The Morgan fingerprint density at radius 3 is 2.28 bits per heavy atom. The summed E-state index contributed by atoms with van der Waals surface area (Å²) < 4.78 is 0.888. The van der Waals surface area contributed by atoms with Crippen molar-refractivity contribution in [2.75, 3.05) is 10.6 Å². The summed E-state index contributed by atoms with van der Waals surface area (Å²) in [5, 5.41) is 20.2. The zero-order valence-electron chi connectivity index (χ0n) is 24.5. The molecule has 1 heterocycles. The van der Waals surface area contributed by atoms with Crippen LogP contribution in [-0.4, -0.2) is 23.0 Å². The number of amides is 3. The van der Waals surface area contributed by atoms with E-state index in [1.54, 1.807) is 55.5 Å². The zero-order valence-corrected chi connectivity index (χ0v) is 27.7. The molecule has 0 saturated carbocycles. The summed E-state index contributed by atoms with van der Waals surface area (Å²) in [4.78, 5) is 40.3. The zero-order chi connectivity index (χ0) is 32.5. The first-order valence-corrected chi connectivity index (χ1v) is 16.7. The van der Waals surface area contributed by atoms with E-state index >= 15 is 0 Å². The third-order valence-corrected chi connectivity index (χ3v) is 9.23. The van der Waals surface area contributed by atoms with Crippen LogP contribution in [0.5, 0.6) is 0 Å². The van der Waals surface area contributed by atoms with Crippen LogP contribution in [0.15, 0.2) is 130 Å². The van der Waals surface area contributed by atoms with Gasteiger partial charge in [0, 0.05) is 31.6 Å². The molecule has 3 amide bonds. The van der Waals surface area contributed by atoms with Crippen LogP contribution in [-0.2, 0) is 9.59 Å². The number of hydrogen-bond acceptors (Lipinski definition) is 6. The average molecular weight is 708 g/mol. The van der Waals surface area contributed by atoms with Crippen LogP contribution in [0.25, 0.3) is 17.2 Å². The third-order valence-electron chi connectivity index (χ3n) is 6.71. The molecule has 5 rings (SSSR count). The summed E-state index contributed by atoms with van der Waals surface area (Å²) in [5.74, 6) is -1.17. The number of rotatable bonds is 10. The number of nitriles is 1. The highest BCUT2D eigenvalue weighted by Gasteiger charge is 2.20. The van der Waals surface area contributed by atoms with Crippen molar-refractivity contribution in [2.45, 2.75) is 17.1 Å². The van der Waals surface area contributed by atoms with Gasteiger partial charge in [-0.1, -0.05) is 82.7 Å². The predicted octanol–water partition coefficient (Wildman–Crippen LogP) is 8.58. The lowest BCUT2D eigenvalue weighted by molar-refractivity contribution is -0.115. The van der Waals surface area contributed by atoms with Crippen molar-refractivity contribution in [3.05, 3.63) is 141 Å². The fourth-order valence-corrected chi connectivity index (χ4v) is 6.49. The highest BCUT2D eigenvalue weighted by molar-refractivity contribution is 9.10. The van der Waals surface area contributed by atoms with E-state index < -0.39 is 17.1 Å². The molecule has 3 N–H and O–H groups in total. The number of benzene rings is 4. The van der Waals surface area contributed by atoms with Crippen molar-refractivity contribution < 1.29 is 14.4 Å². The fraction of sp³-hybridized carbons (Fsp3) is 0.0556. The summed E-state index contributed by atoms with van der Waals surface area (Å²) >= 11 is 6.04. The molecule has 1 atom stereocenters. The molecule has 0 aliphatic carbocycles. The predicted molar refractivity (Wildman–Crippen MR) is 190 cm³/mol. The Balaban J connectivity index is 1.28. The summed E-state index contributed by atoms with van der Waals surface area (Å²) in [6, 6.07) is 34.9. The molecule has 228 valence electrons. The van der Waals surface area contributed by atoms with Crippen molar-refractivity contribution >= 4 is 73.5 Å². The topological polar surface area (TPSA) is 111 Å². The number of thiophene rings is 1. The molecule has 0 aliphatic rings. The summed E-state index contributed by atoms with van der Waals surface area (Å²) in [6.45, 7) is 1.78. The lowest BCUT2D eigenvalue weighted by Gasteiger charge is -2.14. The van der Waals surface area contributed by atoms with Crippen LogP contribution >= 0.6 is 39.0 Å². The molecule has 0 radical (unpaired) electrons. The van der Waals surface area contributed by atoms with E-state index in [1.165, 1.54) is 23.1 Å². The van der Waals surface area contributed by atoms with Crippen molar-refractivity contribution in [3.63, 3.8) is 0 Å². The number of hydrogen-bond donors (Lipinski definition) is 3. The van der Waals surface area contributed by atoms with Gasteiger partial charge in [-0.15, -0.1) is 23.1 Å². The molecule has 5 aromatic rings. The molecule has 0 fully saturated rings. The number of thioether (sulfide) groups is 1. The van der Waals surface area contributed by atoms with E-state index in [-0.39, 0.29) is 11.6 Å². The highest BCUT2D eigenvalue weighted by Crippen LogP contribution is 2.36. The van der Waals surface area contributed by atoms with E-state index in [0.29, 0.717) is 21.8 Å². The average Bonchev–Trinajstić information content (AvgIpc) is 3.48. The molecule has 1 unspecified atom stereocenters. The van der Waals surface area contributed by atoms with E-state index in [2.05, 4.69) is 37.9 Å². The molecule has 0 saturated heterocycles. The van der Waals surface area contributed by atoms with Gasteiger partial charge in [0.15, 0.2) is 0 Å². The van der Waals surface area contributed by atoms with Crippen LogP contribution in [0.1, 0.15) is 28.4 Å². The highest BCUT2D eigenvalue weighted by atomic mass is 79.9. The first-order chi connectivity index (χ1) is 22.3. The number of carbonyl (C=O) groups excluding carboxylic acids is 3. The third kappa shape index (κ3) is 8.40. The van der Waals surface area contributed by atoms with Crippen molar-refractivity contribution in [1.29, 1.82) is 5.26 Å². The maximum Gasteiger partial charge on any atom is 0.272 e. The molecular weight excluding hydrogens is 680 g/mol. The Labute approximate surface area is 283 Å². The maximum atomic E-state index is 13.5. The quantitative estimate of drug-likeness (QED) is 0.0995. The normalized spacial score (nSPS) is 11.6. The molecule has 1 aromatic heterocycles. The van der Waals surface area contributed by atoms with Crippen LogP contribution < -0.4 is 16.0 Å². The SMILES string of the molecule is CC(Sc1cccc(NC(=O)/C(=C\c2ccc(Br)cc2)NC(=O)c2ccccc2)c1)C(=O)Nc1scc(-c2ccccc2)c1C#N. The minimum atomic E-state index is -0.504. The van der Waals surface area contributed by atoms with Gasteiger partial charge in [0.25, 0.3) is 11.8 Å². The number of anilines is 2. The van der Waals surface area contributed by atoms with Gasteiger partial charge in [0.1, 0.15) is 16.8 Å². The van der Waals surface area contributed by atoms with Crippen LogP contribution in [0, 0.1) is 11.3 Å². The van der Waals surface area contributed by atoms with Gasteiger partial charge >= 0.3 is 0 Å². The van der Waals surface area contributed by atoms with Gasteiger partial charge in [-0.3, -0.25) is 14.4 Å². The first-order valence-electron chi connectivity index (χ1n) is 14.1. The van der Waals surface area contributed by atoms with Crippen molar-refractivity contribution in [2.24, 2.45) is 0 Å². The maximum absolute atomic E-state index is 13.5. The van der Waals surface area contributed by atoms with E-state index in [9.17, 15) is 19.6 Å². The Morgan fingerprint density at radius 1 is 0.891 bits per heavy atom. The Hall–Kier alpha value is -4.95. The standard InChI is InChI=1S/C36H27BrN4O3S2/c1-23(33(42)41-36-30(21-38)31(22-45-36)25-9-4-2-5-10-25)46-29-14-8-13-28(20-29)39-35(44)32(19-24-15-17-27(37)18-16-24)40-34(43)26-11-6-3-7-12-26/h2-20,22-23H,1H3,(H,39,44)(H,40,43)(H,41,42)/b32-19+. The van der Waals surface area contributed by atoms with E-state index in [4.69, 9.17) is 0 Å².